The molecule has 1 fully saturated rings. The van der Waals surface area contributed by atoms with Gasteiger partial charge in [0.05, 0.1) is 5.25 Å². The van der Waals surface area contributed by atoms with Crippen molar-refractivity contribution >= 4 is 39.8 Å². The van der Waals surface area contributed by atoms with Gasteiger partial charge in [0.15, 0.2) is 4.34 Å². The molecule has 3 rings (SSSR count). The first-order chi connectivity index (χ1) is 11.0. The molecule has 0 saturated heterocycles. The van der Waals surface area contributed by atoms with Gasteiger partial charge in [-0.1, -0.05) is 29.2 Å². The van der Waals surface area contributed by atoms with E-state index in [1.165, 1.54) is 29.2 Å². The molecule has 1 atom stereocenters. The van der Waals surface area contributed by atoms with Gasteiger partial charge in [-0.05, 0) is 31.9 Å². The zero-order valence-corrected chi connectivity index (χ0v) is 13.8. The van der Waals surface area contributed by atoms with Crippen LogP contribution in [0.5, 0.6) is 0 Å². The molecule has 0 aliphatic heterocycles. The molecule has 9 heteroatoms. The monoisotopic (exact) mass is 356 g/mol. The SMILES string of the molecule is CC(Sc1nnc(NC2CC2)s1)C(=O)Nc1c(F)cccc1F. The van der Waals surface area contributed by atoms with Crippen LogP contribution in [0.2, 0.25) is 0 Å². The highest BCUT2D eigenvalue weighted by Gasteiger charge is 2.24. The van der Waals surface area contributed by atoms with Crippen LogP contribution in [-0.4, -0.2) is 27.4 Å². The maximum absolute atomic E-state index is 13.5. The Morgan fingerprint density at radius 2 is 2.04 bits per heavy atom. The molecule has 1 aliphatic carbocycles. The van der Waals surface area contributed by atoms with Gasteiger partial charge in [0.1, 0.15) is 17.3 Å². The Kier molecular flexibility index (Phi) is 4.76. The molecule has 122 valence electrons. The number of hydrogen-bond donors (Lipinski definition) is 2. The highest BCUT2D eigenvalue weighted by Crippen LogP contribution is 2.32. The minimum Gasteiger partial charge on any atom is -0.357 e. The number of halogens is 2. The van der Waals surface area contributed by atoms with Gasteiger partial charge in [-0.25, -0.2) is 8.78 Å². The van der Waals surface area contributed by atoms with Crippen molar-refractivity contribution < 1.29 is 13.6 Å². The number of thioether (sulfide) groups is 1. The second-order valence-corrected chi connectivity index (χ2v) is 7.70. The molecule has 5 nitrogen and oxygen atoms in total. The van der Waals surface area contributed by atoms with Crippen molar-refractivity contribution in [1.82, 2.24) is 10.2 Å². The summed E-state index contributed by atoms with van der Waals surface area (Å²) in [6, 6.07) is 3.91. The summed E-state index contributed by atoms with van der Waals surface area (Å²) in [6.45, 7) is 1.65. The van der Waals surface area contributed by atoms with Crippen LogP contribution in [0.1, 0.15) is 19.8 Å². The third-order valence-electron chi connectivity index (χ3n) is 3.17. The number of aromatic nitrogens is 2. The van der Waals surface area contributed by atoms with Crippen LogP contribution < -0.4 is 10.6 Å². The molecule has 23 heavy (non-hydrogen) atoms. The third-order valence-corrected chi connectivity index (χ3v) is 5.21. The maximum Gasteiger partial charge on any atom is 0.237 e. The van der Waals surface area contributed by atoms with Crippen molar-refractivity contribution in [2.45, 2.75) is 35.4 Å². The predicted molar refractivity (Wildman–Crippen MR) is 86.9 cm³/mol. The maximum atomic E-state index is 13.5. The largest absolute Gasteiger partial charge is 0.357 e. The van der Waals surface area contributed by atoms with Gasteiger partial charge in [-0.15, -0.1) is 10.2 Å². The summed E-state index contributed by atoms with van der Waals surface area (Å²) in [6.07, 6.45) is 2.27. The fourth-order valence-electron chi connectivity index (χ4n) is 1.76. The van der Waals surface area contributed by atoms with E-state index in [4.69, 9.17) is 0 Å². The Balaban J connectivity index is 1.59. The highest BCUT2D eigenvalue weighted by molar-refractivity contribution is 8.02. The zero-order valence-electron chi connectivity index (χ0n) is 12.2. The predicted octanol–water partition coefficient (Wildman–Crippen LogP) is 3.51. The van der Waals surface area contributed by atoms with Crippen molar-refractivity contribution in [3.8, 4) is 0 Å². The van der Waals surface area contributed by atoms with Crippen LogP contribution in [0.4, 0.5) is 19.6 Å². The van der Waals surface area contributed by atoms with Gasteiger partial charge in [-0.2, -0.15) is 0 Å². The molecule has 0 spiro atoms. The number of rotatable bonds is 6. The number of nitrogens with one attached hydrogen (secondary N) is 2. The minimum atomic E-state index is -0.803. The highest BCUT2D eigenvalue weighted by atomic mass is 32.2. The van der Waals surface area contributed by atoms with Crippen molar-refractivity contribution in [3.63, 3.8) is 0 Å². The average Bonchev–Trinajstić information content (AvgIpc) is 3.21. The van der Waals surface area contributed by atoms with E-state index in [0.717, 1.165) is 30.1 Å². The summed E-state index contributed by atoms with van der Waals surface area (Å²) in [5, 5.41) is 13.7. The molecule has 1 heterocycles. The average molecular weight is 356 g/mol. The molecule has 1 aromatic heterocycles. The molecule has 1 aliphatic rings. The van der Waals surface area contributed by atoms with E-state index in [9.17, 15) is 13.6 Å². The Bertz CT molecular complexity index is 700. The number of carbonyl (C=O) groups excluding carboxylic acids is 1. The lowest BCUT2D eigenvalue weighted by molar-refractivity contribution is -0.115. The topological polar surface area (TPSA) is 66.9 Å². The van der Waals surface area contributed by atoms with E-state index in [0.29, 0.717) is 10.4 Å². The van der Waals surface area contributed by atoms with Crippen LogP contribution in [0.25, 0.3) is 0 Å². The first-order valence-electron chi connectivity index (χ1n) is 7.04. The van der Waals surface area contributed by atoms with Crippen LogP contribution >= 0.6 is 23.1 Å². The molecule has 1 saturated carbocycles. The number of carbonyl (C=O) groups is 1. The smallest absolute Gasteiger partial charge is 0.237 e. The standard InChI is InChI=1S/C14H14F2N4OS2/c1-7(12(21)18-11-9(15)3-2-4-10(11)16)22-14-20-19-13(23-14)17-8-5-6-8/h2-4,7-8H,5-6H2,1H3,(H,17,19)(H,18,21). The Hall–Kier alpha value is -1.74. The van der Waals surface area contributed by atoms with Gasteiger partial charge < -0.3 is 10.6 Å². The molecular formula is C14H14F2N4OS2. The third kappa shape index (κ3) is 4.17. The van der Waals surface area contributed by atoms with E-state index in [2.05, 4.69) is 20.8 Å². The second kappa shape index (κ2) is 6.79. The molecule has 1 aromatic carbocycles. The van der Waals surface area contributed by atoms with Crippen molar-refractivity contribution in [2.75, 3.05) is 10.6 Å². The van der Waals surface area contributed by atoms with E-state index in [1.54, 1.807) is 6.92 Å². The summed E-state index contributed by atoms with van der Waals surface area (Å²) in [5.74, 6) is -2.10. The van der Waals surface area contributed by atoms with Crippen molar-refractivity contribution in [1.29, 1.82) is 0 Å². The van der Waals surface area contributed by atoms with Crippen LogP contribution in [0, 0.1) is 11.6 Å². The van der Waals surface area contributed by atoms with Crippen molar-refractivity contribution in [2.24, 2.45) is 0 Å². The number of benzene rings is 1. The van der Waals surface area contributed by atoms with Gasteiger partial charge in [0.25, 0.3) is 0 Å². The van der Waals surface area contributed by atoms with Gasteiger partial charge in [0.2, 0.25) is 11.0 Å². The van der Waals surface area contributed by atoms with Gasteiger partial charge in [-0.3, -0.25) is 4.79 Å². The fraction of sp³-hybridized carbons (Fsp3) is 0.357. The lowest BCUT2D eigenvalue weighted by atomic mass is 10.3. The molecule has 0 radical (unpaired) electrons. The Morgan fingerprint density at radius 3 is 2.70 bits per heavy atom. The van der Waals surface area contributed by atoms with E-state index >= 15 is 0 Å². The summed E-state index contributed by atoms with van der Waals surface area (Å²) in [7, 11) is 0. The van der Waals surface area contributed by atoms with Crippen LogP contribution in [0.15, 0.2) is 22.5 Å². The first-order valence-corrected chi connectivity index (χ1v) is 8.74. The van der Waals surface area contributed by atoms with Crippen molar-refractivity contribution in [3.05, 3.63) is 29.8 Å². The fourth-order valence-corrected chi connectivity index (χ4v) is 3.74. The number of anilines is 2. The van der Waals surface area contributed by atoms with Gasteiger partial charge >= 0.3 is 0 Å². The van der Waals surface area contributed by atoms with E-state index in [-0.39, 0.29) is 0 Å². The minimum absolute atomic E-state index is 0.432. The van der Waals surface area contributed by atoms with Gasteiger partial charge in [0, 0.05) is 6.04 Å². The lowest BCUT2D eigenvalue weighted by Gasteiger charge is -2.11. The Labute approximate surface area is 139 Å². The molecule has 1 unspecified atom stereocenters. The van der Waals surface area contributed by atoms with Crippen LogP contribution in [-0.2, 0) is 4.79 Å². The number of amides is 1. The van der Waals surface area contributed by atoms with E-state index in [1.807, 2.05) is 0 Å². The molecule has 2 N–H and O–H groups in total. The van der Waals surface area contributed by atoms with E-state index < -0.39 is 28.5 Å². The molecule has 1 amide bonds. The number of para-hydroxylation sites is 1. The summed E-state index contributed by atoms with van der Waals surface area (Å²) in [5.41, 5.74) is -0.432. The molecular weight excluding hydrogens is 342 g/mol. The summed E-state index contributed by atoms with van der Waals surface area (Å²) in [4.78, 5) is 12.1. The Morgan fingerprint density at radius 1 is 1.35 bits per heavy atom. The summed E-state index contributed by atoms with van der Waals surface area (Å²) < 4.78 is 27.7. The second-order valence-electron chi connectivity index (χ2n) is 5.14. The molecule has 0 bridgehead atoms. The quantitative estimate of drug-likeness (QED) is 0.776. The first kappa shape index (κ1) is 16.1. The number of nitrogens with zero attached hydrogens (tertiary/aromatic N) is 2. The lowest BCUT2D eigenvalue weighted by Crippen LogP contribution is -2.23. The van der Waals surface area contributed by atoms with Crippen LogP contribution in [0.3, 0.4) is 0 Å². The summed E-state index contributed by atoms with van der Waals surface area (Å²) >= 11 is 2.56. The number of hydrogen-bond acceptors (Lipinski definition) is 6. The normalized spacial score (nSPS) is 15.3. The molecule has 2 aromatic rings. The zero-order chi connectivity index (χ0) is 16.4.